The molecule has 1 fully saturated rings. The van der Waals surface area contributed by atoms with Crippen LogP contribution in [0.2, 0.25) is 0 Å². The molecule has 1 aliphatic rings. The van der Waals surface area contributed by atoms with Gasteiger partial charge in [-0.1, -0.05) is 0 Å². The third-order valence-corrected chi connectivity index (χ3v) is 3.15. The average molecular weight is 235 g/mol. The number of benzene rings is 1. The van der Waals surface area contributed by atoms with Crippen LogP contribution in [0.5, 0.6) is 0 Å². The Kier molecular flexibility index (Phi) is 3.86. The third kappa shape index (κ3) is 3.35. The predicted molar refractivity (Wildman–Crippen MR) is 71.3 cm³/mol. The summed E-state index contributed by atoms with van der Waals surface area (Å²) < 4.78 is 5.70. The smallest absolute Gasteiger partial charge is 0.0874 e. The number of ether oxygens (including phenoxy) is 1. The number of nitrogen functional groups attached to an aromatic ring is 1. The molecule has 1 aliphatic heterocycles. The summed E-state index contributed by atoms with van der Waals surface area (Å²) in [4.78, 5) is 2.30. The third-order valence-electron chi connectivity index (χ3n) is 3.15. The second-order valence-corrected chi connectivity index (χ2v) is 4.71. The molecular weight excluding hydrogens is 214 g/mol. The molecule has 0 aromatic heterocycles. The van der Waals surface area contributed by atoms with E-state index in [-0.39, 0.29) is 6.10 Å². The second kappa shape index (κ2) is 5.38. The Morgan fingerprint density at radius 3 is 3.06 bits per heavy atom. The van der Waals surface area contributed by atoms with Crippen molar-refractivity contribution in [1.82, 2.24) is 4.90 Å². The normalized spacial score (nSPS) is 21.4. The van der Waals surface area contributed by atoms with Crippen LogP contribution in [0.4, 0.5) is 11.4 Å². The van der Waals surface area contributed by atoms with Crippen LogP contribution in [-0.2, 0) is 4.74 Å². The minimum atomic E-state index is 0.270. The lowest BCUT2D eigenvalue weighted by Gasteiger charge is -2.30. The second-order valence-electron chi connectivity index (χ2n) is 4.71. The number of nitrogens with two attached hydrogens (primary N) is 1. The lowest BCUT2D eigenvalue weighted by atomic mass is 10.2. The number of likely N-dealkylation sites (N-methyl/N-ethyl adjacent to an activating group) is 1. The largest absolute Gasteiger partial charge is 0.399 e. The van der Waals surface area contributed by atoms with E-state index in [0.29, 0.717) is 0 Å². The number of hydrogen-bond acceptors (Lipinski definition) is 4. The Labute approximate surface area is 103 Å². The lowest BCUT2D eigenvalue weighted by Crippen LogP contribution is -2.43. The maximum atomic E-state index is 5.79. The van der Waals surface area contributed by atoms with Crippen molar-refractivity contribution in [3.05, 3.63) is 23.8 Å². The van der Waals surface area contributed by atoms with Crippen molar-refractivity contribution in [2.24, 2.45) is 0 Å². The quantitative estimate of drug-likeness (QED) is 0.776. The van der Waals surface area contributed by atoms with Gasteiger partial charge >= 0.3 is 0 Å². The minimum Gasteiger partial charge on any atom is -0.399 e. The van der Waals surface area contributed by atoms with Crippen molar-refractivity contribution in [1.29, 1.82) is 0 Å². The highest BCUT2D eigenvalue weighted by atomic mass is 16.5. The molecule has 0 saturated carbocycles. The standard InChI is InChI=1S/C13H21N3O/c1-10-7-11(3-4-13(10)14)15-8-12-9-16(2)5-6-17-12/h3-4,7,12,15H,5-6,8-9,14H2,1-2H3. The Bertz CT molecular complexity index is 381. The van der Waals surface area contributed by atoms with Crippen molar-refractivity contribution < 1.29 is 4.74 Å². The molecule has 1 unspecified atom stereocenters. The number of morpholine rings is 1. The topological polar surface area (TPSA) is 50.5 Å². The summed E-state index contributed by atoms with van der Waals surface area (Å²) >= 11 is 0. The highest BCUT2D eigenvalue weighted by Gasteiger charge is 2.17. The summed E-state index contributed by atoms with van der Waals surface area (Å²) in [5.74, 6) is 0. The fraction of sp³-hybridized carbons (Fsp3) is 0.538. The minimum absolute atomic E-state index is 0.270. The summed E-state index contributed by atoms with van der Waals surface area (Å²) in [6, 6.07) is 6.02. The van der Waals surface area contributed by atoms with Crippen LogP contribution in [0.3, 0.4) is 0 Å². The Morgan fingerprint density at radius 1 is 1.53 bits per heavy atom. The van der Waals surface area contributed by atoms with Gasteiger partial charge in [0.1, 0.15) is 0 Å². The summed E-state index contributed by atoms with van der Waals surface area (Å²) in [7, 11) is 2.13. The van der Waals surface area contributed by atoms with Gasteiger partial charge in [0.25, 0.3) is 0 Å². The van der Waals surface area contributed by atoms with Crippen molar-refractivity contribution in [3.63, 3.8) is 0 Å². The van der Waals surface area contributed by atoms with Gasteiger partial charge in [-0.3, -0.25) is 0 Å². The molecule has 0 amide bonds. The number of aryl methyl sites for hydroxylation is 1. The predicted octanol–water partition coefficient (Wildman–Crippen LogP) is 1.32. The van der Waals surface area contributed by atoms with Crippen LogP contribution >= 0.6 is 0 Å². The highest BCUT2D eigenvalue weighted by Crippen LogP contribution is 2.16. The van der Waals surface area contributed by atoms with Crippen LogP contribution in [0.15, 0.2) is 18.2 Å². The van der Waals surface area contributed by atoms with Gasteiger partial charge in [0.05, 0.1) is 12.7 Å². The first-order valence-electron chi connectivity index (χ1n) is 6.05. The molecule has 3 N–H and O–H groups in total. The molecule has 17 heavy (non-hydrogen) atoms. The molecule has 4 heteroatoms. The molecule has 0 aliphatic carbocycles. The van der Waals surface area contributed by atoms with Gasteiger partial charge in [-0.15, -0.1) is 0 Å². The number of anilines is 2. The molecule has 0 radical (unpaired) electrons. The zero-order valence-electron chi connectivity index (χ0n) is 10.6. The van der Waals surface area contributed by atoms with Crippen LogP contribution in [0.25, 0.3) is 0 Å². The van der Waals surface area contributed by atoms with E-state index in [1.807, 2.05) is 19.1 Å². The van der Waals surface area contributed by atoms with E-state index in [4.69, 9.17) is 10.5 Å². The Balaban J connectivity index is 1.86. The molecule has 94 valence electrons. The van der Waals surface area contributed by atoms with Crippen molar-refractivity contribution in [2.75, 3.05) is 44.3 Å². The van der Waals surface area contributed by atoms with Crippen LogP contribution in [-0.4, -0.2) is 44.3 Å². The first-order valence-corrected chi connectivity index (χ1v) is 6.05. The first kappa shape index (κ1) is 12.2. The number of rotatable bonds is 3. The summed E-state index contributed by atoms with van der Waals surface area (Å²) in [6.45, 7) is 5.70. The van der Waals surface area contributed by atoms with Crippen LogP contribution in [0, 0.1) is 6.92 Å². The summed E-state index contributed by atoms with van der Waals surface area (Å²) in [6.07, 6.45) is 0.270. The van der Waals surface area contributed by atoms with E-state index in [9.17, 15) is 0 Å². The van der Waals surface area contributed by atoms with Crippen molar-refractivity contribution in [3.8, 4) is 0 Å². The zero-order chi connectivity index (χ0) is 12.3. The van der Waals surface area contributed by atoms with E-state index >= 15 is 0 Å². The number of nitrogens with zero attached hydrogens (tertiary/aromatic N) is 1. The van der Waals surface area contributed by atoms with E-state index < -0.39 is 0 Å². The Morgan fingerprint density at radius 2 is 2.35 bits per heavy atom. The fourth-order valence-electron chi connectivity index (χ4n) is 2.01. The maximum absolute atomic E-state index is 5.79. The van der Waals surface area contributed by atoms with E-state index in [1.54, 1.807) is 0 Å². The molecule has 1 atom stereocenters. The summed E-state index contributed by atoms with van der Waals surface area (Å²) in [5, 5.41) is 3.40. The Hall–Kier alpha value is -1.26. The fourth-order valence-corrected chi connectivity index (χ4v) is 2.01. The van der Waals surface area contributed by atoms with E-state index in [1.165, 1.54) is 0 Å². The molecule has 1 aromatic carbocycles. The van der Waals surface area contributed by atoms with Crippen molar-refractivity contribution in [2.45, 2.75) is 13.0 Å². The SMILES string of the molecule is Cc1cc(NCC2CN(C)CCO2)ccc1N. The molecule has 0 bridgehead atoms. The molecular formula is C13H21N3O. The van der Waals surface area contributed by atoms with Crippen LogP contribution in [0.1, 0.15) is 5.56 Å². The van der Waals surface area contributed by atoms with Gasteiger partial charge in [0.15, 0.2) is 0 Å². The van der Waals surface area contributed by atoms with Gasteiger partial charge < -0.3 is 20.7 Å². The molecule has 0 spiro atoms. The number of hydrogen-bond donors (Lipinski definition) is 2. The zero-order valence-corrected chi connectivity index (χ0v) is 10.6. The monoisotopic (exact) mass is 235 g/mol. The first-order chi connectivity index (χ1) is 8.15. The molecule has 2 rings (SSSR count). The van der Waals surface area contributed by atoms with E-state index in [2.05, 4.69) is 23.3 Å². The molecule has 1 heterocycles. The van der Waals surface area contributed by atoms with Gasteiger partial charge in [-0.05, 0) is 37.7 Å². The molecule has 4 nitrogen and oxygen atoms in total. The van der Waals surface area contributed by atoms with Gasteiger partial charge in [-0.2, -0.15) is 0 Å². The van der Waals surface area contributed by atoms with Gasteiger partial charge in [0.2, 0.25) is 0 Å². The molecule has 1 saturated heterocycles. The van der Waals surface area contributed by atoms with Crippen molar-refractivity contribution >= 4 is 11.4 Å². The van der Waals surface area contributed by atoms with Gasteiger partial charge in [-0.25, -0.2) is 0 Å². The maximum Gasteiger partial charge on any atom is 0.0874 e. The summed E-state index contributed by atoms with van der Waals surface area (Å²) in [5.41, 5.74) is 8.84. The van der Waals surface area contributed by atoms with Crippen LogP contribution < -0.4 is 11.1 Å². The van der Waals surface area contributed by atoms with Gasteiger partial charge in [0, 0.05) is 31.0 Å². The molecule has 1 aromatic rings. The lowest BCUT2D eigenvalue weighted by molar-refractivity contribution is -0.0117. The average Bonchev–Trinajstić information content (AvgIpc) is 2.31. The number of nitrogens with one attached hydrogen (secondary N) is 1. The van der Waals surface area contributed by atoms with E-state index in [0.717, 1.165) is 43.2 Å². The highest BCUT2D eigenvalue weighted by molar-refractivity contribution is 5.56.